The van der Waals surface area contributed by atoms with E-state index in [1.54, 1.807) is 6.92 Å². The van der Waals surface area contributed by atoms with Crippen molar-refractivity contribution < 1.29 is 9.72 Å². The predicted octanol–water partition coefficient (Wildman–Crippen LogP) is 2.78. The number of nitro benzene ring substituents is 1. The van der Waals surface area contributed by atoms with Gasteiger partial charge in [0.1, 0.15) is 5.41 Å². The van der Waals surface area contributed by atoms with Gasteiger partial charge in [-0.1, -0.05) is 6.92 Å². The molecule has 1 aliphatic rings. The van der Waals surface area contributed by atoms with E-state index in [-0.39, 0.29) is 11.6 Å². The van der Waals surface area contributed by atoms with E-state index in [0.717, 1.165) is 0 Å². The molecule has 20 heavy (non-hydrogen) atoms. The normalized spacial score (nSPS) is 24.4. The van der Waals surface area contributed by atoms with Crippen LogP contribution < -0.4 is 5.32 Å². The fourth-order valence-electron chi connectivity index (χ4n) is 2.60. The maximum absolute atomic E-state index is 12.2. The first-order valence-corrected chi connectivity index (χ1v) is 6.36. The summed E-state index contributed by atoms with van der Waals surface area (Å²) in [4.78, 5) is 22.4. The van der Waals surface area contributed by atoms with E-state index in [4.69, 9.17) is 0 Å². The SMILES string of the molecule is Cc1cc([N+](=O)[O-])ccc1NC(=O)C1(C#N)CC(C)C1. The van der Waals surface area contributed by atoms with Gasteiger partial charge in [0.05, 0.1) is 11.0 Å². The van der Waals surface area contributed by atoms with Gasteiger partial charge >= 0.3 is 0 Å². The van der Waals surface area contributed by atoms with E-state index in [1.807, 2.05) is 6.92 Å². The number of carbonyl (C=O) groups is 1. The van der Waals surface area contributed by atoms with Crippen molar-refractivity contribution in [3.63, 3.8) is 0 Å². The van der Waals surface area contributed by atoms with Gasteiger partial charge in [0.25, 0.3) is 5.69 Å². The number of nitrogens with one attached hydrogen (secondary N) is 1. The fourth-order valence-corrected chi connectivity index (χ4v) is 2.60. The van der Waals surface area contributed by atoms with E-state index < -0.39 is 10.3 Å². The van der Waals surface area contributed by atoms with Crippen molar-refractivity contribution in [1.29, 1.82) is 5.26 Å². The molecule has 0 radical (unpaired) electrons. The first-order chi connectivity index (χ1) is 9.38. The number of carbonyl (C=O) groups excluding carboxylic acids is 1. The zero-order valence-electron chi connectivity index (χ0n) is 11.3. The van der Waals surface area contributed by atoms with Gasteiger partial charge in [0.15, 0.2) is 0 Å². The third-order valence-electron chi connectivity index (χ3n) is 3.71. The summed E-state index contributed by atoms with van der Waals surface area (Å²) in [6.07, 6.45) is 1.11. The molecule has 0 unspecified atom stereocenters. The summed E-state index contributed by atoms with van der Waals surface area (Å²) < 4.78 is 0. The molecular formula is C14H15N3O3. The Kier molecular flexibility index (Phi) is 3.45. The van der Waals surface area contributed by atoms with Gasteiger partial charge in [0, 0.05) is 17.8 Å². The Morgan fingerprint density at radius 3 is 2.65 bits per heavy atom. The van der Waals surface area contributed by atoms with Gasteiger partial charge in [-0.2, -0.15) is 5.26 Å². The molecule has 0 spiro atoms. The average Bonchev–Trinajstić information content (AvgIpc) is 2.36. The van der Waals surface area contributed by atoms with Crippen molar-refractivity contribution in [2.24, 2.45) is 11.3 Å². The first-order valence-electron chi connectivity index (χ1n) is 6.36. The molecule has 0 saturated heterocycles. The molecule has 0 atom stereocenters. The van der Waals surface area contributed by atoms with Crippen LogP contribution in [0.5, 0.6) is 0 Å². The maximum atomic E-state index is 12.2. The summed E-state index contributed by atoms with van der Waals surface area (Å²) in [6, 6.07) is 6.33. The summed E-state index contributed by atoms with van der Waals surface area (Å²) >= 11 is 0. The average molecular weight is 273 g/mol. The number of nitro groups is 1. The molecule has 0 bridgehead atoms. The first kappa shape index (κ1) is 14.0. The second-order valence-electron chi connectivity index (χ2n) is 5.42. The number of rotatable bonds is 3. The molecule has 6 heteroatoms. The monoisotopic (exact) mass is 273 g/mol. The van der Waals surface area contributed by atoms with Crippen LogP contribution in [-0.2, 0) is 4.79 Å². The molecule has 1 fully saturated rings. The molecule has 0 aromatic heterocycles. The predicted molar refractivity (Wildman–Crippen MR) is 72.9 cm³/mol. The van der Waals surface area contributed by atoms with Crippen molar-refractivity contribution in [1.82, 2.24) is 0 Å². The number of non-ortho nitro benzene ring substituents is 1. The Hall–Kier alpha value is -2.42. The van der Waals surface area contributed by atoms with Crippen LogP contribution in [-0.4, -0.2) is 10.8 Å². The lowest BCUT2D eigenvalue weighted by Crippen LogP contribution is -2.45. The third kappa shape index (κ3) is 2.35. The number of benzene rings is 1. The van der Waals surface area contributed by atoms with Crippen LogP contribution in [0.25, 0.3) is 0 Å². The summed E-state index contributed by atoms with van der Waals surface area (Å²) in [5, 5.41) is 22.6. The van der Waals surface area contributed by atoms with Crippen LogP contribution >= 0.6 is 0 Å². The Morgan fingerprint density at radius 1 is 1.55 bits per heavy atom. The number of anilines is 1. The molecule has 1 aromatic carbocycles. The van der Waals surface area contributed by atoms with Crippen molar-refractivity contribution in [2.45, 2.75) is 26.7 Å². The zero-order valence-corrected chi connectivity index (χ0v) is 11.3. The van der Waals surface area contributed by atoms with Gasteiger partial charge in [-0.25, -0.2) is 0 Å². The van der Waals surface area contributed by atoms with E-state index in [0.29, 0.717) is 30.0 Å². The number of hydrogen-bond acceptors (Lipinski definition) is 4. The molecule has 2 rings (SSSR count). The highest BCUT2D eigenvalue weighted by molar-refractivity contribution is 5.98. The van der Waals surface area contributed by atoms with E-state index in [2.05, 4.69) is 11.4 Å². The molecule has 0 heterocycles. The minimum Gasteiger partial charge on any atom is -0.324 e. The number of nitrogens with zero attached hydrogens (tertiary/aromatic N) is 2. The molecule has 0 aliphatic heterocycles. The lowest BCUT2D eigenvalue weighted by molar-refractivity contribution is -0.384. The highest BCUT2D eigenvalue weighted by atomic mass is 16.6. The van der Waals surface area contributed by atoms with Crippen LogP contribution in [0.1, 0.15) is 25.3 Å². The molecular weight excluding hydrogens is 258 g/mol. The highest BCUT2D eigenvalue weighted by Crippen LogP contribution is 2.45. The Balaban J connectivity index is 2.17. The molecule has 1 aliphatic carbocycles. The molecule has 1 aromatic rings. The molecule has 1 N–H and O–H groups in total. The smallest absolute Gasteiger partial charge is 0.269 e. The third-order valence-corrected chi connectivity index (χ3v) is 3.71. The van der Waals surface area contributed by atoms with Gasteiger partial charge in [-0.3, -0.25) is 14.9 Å². The largest absolute Gasteiger partial charge is 0.324 e. The fraction of sp³-hybridized carbons (Fsp3) is 0.429. The minimum atomic E-state index is -0.951. The van der Waals surface area contributed by atoms with E-state index in [9.17, 15) is 20.2 Å². The molecule has 1 saturated carbocycles. The number of amides is 1. The van der Waals surface area contributed by atoms with Crippen molar-refractivity contribution in [3.05, 3.63) is 33.9 Å². The number of aryl methyl sites for hydroxylation is 1. The second kappa shape index (κ2) is 4.93. The van der Waals surface area contributed by atoms with E-state index in [1.165, 1.54) is 18.2 Å². The van der Waals surface area contributed by atoms with Crippen molar-refractivity contribution in [2.75, 3.05) is 5.32 Å². The summed E-state index contributed by atoms with van der Waals surface area (Å²) in [5.74, 6) is 0.0495. The Labute approximate surface area is 116 Å². The van der Waals surface area contributed by atoms with Crippen LogP contribution in [0.4, 0.5) is 11.4 Å². The Bertz CT molecular complexity index is 613. The van der Waals surface area contributed by atoms with Crippen LogP contribution in [0.2, 0.25) is 0 Å². The van der Waals surface area contributed by atoms with Gasteiger partial charge in [-0.05, 0) is 37.3 Å². The lowest BCUT2D eigenvalue weighted by atomic mass is 9.63. The summed E-state index contributed by atoms with van der Waals surface area (Å²) in [5.41, 5.74) is 0.142. The standard InChI is InChI=1S/C14H15N3O3/c1-9-6-14(7-9,8-15)13(18)16-12-4-3-11(17(19)20)5-10(12)2/h3-5,9H,6-7H2,1-2H3,(H,16,18). The highest BCUT2D eigenvalue weighted by Gasteiger charge is 2.49. The van der Waals surface area contributed by atoms with Crippen LogP contribution in [0.3, 0.4) is 0 Å². The summed E-state index contributed by atoms with van der Waals surface area (Å²) in [6.45, 7) is 3.69. The van der Waals surface area contributed by atoms with Gasteiger partial charge < -0.3 is 5.32 Å². The van der Waals surface area contributed by atoms with Crippen LogP contribution in [0.15, 0.2) is 18.2 Å². The summed E-state index contributed by atoms with van der Waals surface area (Å²) in [7, 11) is 0. The maximum Gasteiger partial charge on any atom is 0.269 e. The van der Waals surface area contributed by atoms with Gasteiger partial charge in [0.2, 0.25) is 5.91 Å². The molecule has 6 nitrogen and oxygen atoms in total. The number of hydrogen-bond donors (Lipinski definition) is 1. The van der Waals surface area contributed by atoms with E-state index >= 15 is 0 Å². The Morgan fingerprint density at radius 2 is 2.20 bits per heavy atom. The second-order valence-corrected chi connectivity index (χ2v) is 5.42. The zero-order chi connectivity index (χ0) is 14.9. The van der Waals surface area contributed by atoms with Crippen LogP contribution in [0, 0.1) is 39.7 Å². The molecule has 104 valence electrons. The lowest BCUT2D eigenvalue weighted by Gasteiger charge is -2.39. The van der Waals surface area contributed by atoms with Crippen molar-refractivity contribution in [3.8, 4) is 6.07 Å². The topological polar surface area (TPSA) is 96.0 Å². The minimum absolute atomic E-state index is 0.0206. The number of nitriles is 1. The molecule has 1 amide bonds. The quantitative estimate of drug-likeness (QED) is 0.676. The van der Waals surface area contributed by atoms with Crippen molar-refractivity contribution >= 4 is 17.3 Å². The van der Waals surface area contributed by atoms with Gasteiger partial charge in [-0.15, -0.1) is 0 Å².